The summed E-state index contributed by atoms with van der Waals surface area (Å²) in [4.78, 5) is 2.57. The Bertz CT molecular complexity index is 428. The molecular formula is C17H30N2OS. The van der Waals surface area contributed by atoms with Crippen molar-refractivity contribution in [3.8, 4) is 0 Å². The molecule has 1 N–H and O–H groups in total. The van der Waals surface area contributed by atoms with Gasteiger partial charge in [0.1, 0.15) is 5.76 Å². The minimum absolute atomic E-state index is 0.423. The Hall–Kier alpha value is -0.450. The molecule has 21 heavy (non-hydrogen) atoms. The highest BCUT2D eigenvalue weighted by Gasteiger charge is 2.24. The molecule has 0 amide bonds. The fourth-order valence-electron chi connectivity index (χ4n) is 2.60. The second-order valence-corrected chi connectivity index (χ2v) is 8.83. The molecule has 4 heteroatoms. The zero-order valence-electron chi connectivity index (χ0n) is 13.9. The summed E-state index contributed by atoms with van der Waals surface area (Å²) in [6.45, 7) is 14.4. The van der Waals surface area contributed by atoms with E-state index in [1.54, 1.807) is 0 Å². The van der Waals surface area contributed by atoms with E-state index in [0.717, 1.165) is 25.4 Å². The maximum absolute atomic E-state index is 5.67. The number of thioether (sulfide) groups is 1. The molecule has 0 aliphatic carbocycles. The van der Waals surface area contributed by atoms with E-state index in [1.165, 1.54) is 30.8 Å². The van der Waals surface area contributed by atoms with Crippen molar-refractivity contribution in [1.82, 2.24) is 10.2 Å². The molecule has 0 saturated carbocycles. The lowest BCUT2D eigenvalue weighted by Crippen LogP contribution is -2.27. The Labute approximate surface area is 133 Å². The second-order valence-electron chi connectivity index (χ2n) is 7.03. The van der Waals surface area contributed by atoms with Crippen molar-refractivity contribution in [2.24, 2.45) is 5.92 Å². The third-order valence-electron chi connectivity index (χ3n) is 4.00. The van der Waals surface area contributed by atoms with Crippen LogP contribution in [0, 0.1) is 5.92 Å². The van der Waals surface area contributed by atoms with E-state index in [9.17, 15) is 0 Å². The molecule has 0 radical (unpaired) electrons. The zero-order chi connectivity index (χ0) is 15.3. The Balaban J connectivity index is 1.86. The van der Waals surface area contributed by atoms with E-state index in [1.807, 2.05) is 6.26 Å². The lowest BCUT2D eigenvalue weighted by molar-refractivity contribution is 0.273. The van der Waals surface area contributed by atoms with Gasteiger partial charge >= 0.3 is 0 Å². The molecule has 0 bridgehead atoms. The van der Waals surface area contributed by atoms with Crippen molar-refractivity contribution in [2.75, 3.05) is 25.4 Å². The molecular weight excluding hydrogens is 280 g/mol. The third-order valence-corrected chi connectivity index (χ3v) is 5.37. The first-order valence-electron chi connectivity index (χ1n) is 8.08. The molecule has 1 fully saturated rings. The maximum Gasteiger partial charge on any atom is 0.122 e. The van der Waals surface area contributed by atoms with Gasteiger partial charge in [-0.3, -0.25) is 4.90 Å². The molecule has 0 spiro atoms. The van der Waals surface area contributed by atoms with Crippen LogP contribution in [0.1, 0.15) is 45.4 Å². The molecule has 120 valence electrons. The van der Waals surface area contributed by atoms with Crippen molar-refractivity contribution in [2.45, 2.75) is 52.0 Å². The summed E-state index contributed by atoms with van der Waals surface area (Å²) in [5.74, 6) is 3.01. The molecule has 1 aliphatic heterocycles. The van der Waals surface area contributed by atoms with Gasteiger partial charge < -0.3 is 9.73 Å². The highest BCUT2D eigenvalue weighted by molar-refractivity contribution is 8.00. The highest BCUT2D eigenvalue weighted by Crippen LogP contribution is 2.31. The van der Waals surface area contributed by atoms with Crippen LogP contribution in [-0.2, 0) is 13.1 Å². The monoisotopic (exact) mass is 310 g/mol. The first-order chi connectivity index (χ1) is 9.96. The van der Waals surface area contributed by atoms with Crippen LogP contribution in [0.2, 0.25) is 0 Å². The van der Waals surface area contributed by atoms with Gasteiger partial charge in [-0.1, -0.05) is 27.7 Å². The van der Waals surface area contributed by atoms with Gasteiger partial charge in [-0.15, -0.1) is 0 Å². The quantitative estimate of drug-likeness (QED) is 0.866. The number of hydrogen-bond donors (Lipinski definition) is 1. The largest absolute Gasteiger partial charge is 0.468 e. The van der Waals surface area contributed by atoms with Gasteiger partial charge in [0.2, 0.25) is 0 Å². The summed E-state index contributed by atoms with van der Waals surface area (Å²) in [6.07, 6.45) is 3.09. The van der Waals surface area contributed by atoms with Crippen molar-refractivity contribution in [3.63, 3.8) is 0 Å². The van der Waals surface area contributed by atoms with Gasteiger partial charge in [-0.25, -0.2) is 0 Å². The molecule has 1 aliphatic rings. The lowest BCUT2D eigenvalue weighted by Gasteiger charge is -2.22. The molecule has 2 rings (SSSR count). The lowest BCUT2D eigenvalue weighted by atomic mass is 10.1. The van der Waals surface area contributed by atoms with Crippen molar-refractivity contribution < 1.29 is 4.42 Å². The van der Waals surface area contributed by atoms with E-state index < -0.39 is 0 Å². The molecule has 2 heterocycles. The second kappa shape index (κ2) is 7.70. The first-order valence-corrected chi connectivity index (χ1v) is 9.07. The SMILES string of the molecule is CC(C)CNCc1occc1CN1CCSC(C)(C)CC1. The van der Waals surface area contributed by atoms with E-state index in [2.05, 4.69) is 55.7 Å². The summed E-state index contributed by atoms with van der Waals surface area (Å²) in [5.41, 5.74) is 1.34. The summed E-state index contributed by atoms with van der Waals surface area (Å²) >= 11 is 2.10. The predicted octanol–water partition coefficient (Wildman–Crippen LogP) is 3.74. The third kappa shape index (κ3) is 5.68. The van der Waals surface area contributed by atoms with Crippen LogP contribution in [0.25, 0.3) is 0 Å². The number of nitrogens with zero attached hydrogens (tertiary/aromatic N) is 1. The van der Waals surface area contributed by atoms with Crippen molar-refractivity contribution >= 4 is 11.8 Å². The average molecular weight is 311 g/mol. The molecule has 1 aromatic heterocycles. The van der Waals surface area contributed by atoms with E-state index in [0.29, 0.717) is 10.7 Å². The number of nitrogens with one attached hydrogen (secondary N) is 1. The molecule has 0 atom stereocenters. The molecule has 0 aromatic carbocycles. The van der Waals surface area contributed by atoms with Gasteiger partial charge in [-0.2, -0.15) is 11.8 Å². The highest BCUT2D eigenvalue weighted by atomic mass is 32.2. The Morgan fingerprint density at radius 3 is 2.95 bits per heavy atom. The number of hydrogen-bond acceptors (Lipinski definition) is 4. The topological polar surface area (TPSA) is 28.4 Å². The summed E-state index contributed by atoms with van der Waals surface area (Å²) in [7, 11) is 0. The van der Waals surface area contributed by atoms with Crippen molar-refractivity contribution in [1.29, 1.82) is 0 Å². The smallest absolute Gasteiger partial charge is 0.122 e. The van der Waals surface area contributed by atoms with Crippen LogP contribution < -0.4 is 5.32 Å². The molecule has 0 unspecified atom stereocenters. The summed E-state index contributed by atoms with van der Waals surface area (Å²) < 4.78 is 6.09. The zero-order valence-corrected chi connectivity index (χ0v) is 14.8. The van der Waals surface area contributed by atoms with Crippen LogP contribution in [0.4, 0.5) is 0 Å². The van der Waals surface area contributed by atoms with Crippen LogP contribution in [-0.4, -0.2) is 35.0 Å². The standard InChI is InChI=1S/C17H30N2OS/c1-14(2)11-18-12-16-15(5-9-20-16)13-19-7-6-17(3,4)21-10-8-19/h5,9,14,18H,6-8,10-13H2,1-4H3. The Morgan fingerprint density at radius 2 is 2.19 bits per heavy atom. The predicted molar refractivity (Wildman–Crippen MR) is 91.7 cm³/mol. The normalized spacial score (nSPS) is 19.9. The van der Waals surface area contributed by atoms with Gasteiger partial charge in [-0.05, 0) is 31.5 Å². The molecule has 3 nitrogen and oxygen atoms in total. The van der Waals surface area contributed by atoms with Gasteiger partial charge in [0.05, 0.1) is 12.8 Å². The molecule has 1 saturated heterocycles. The van der Waals surface area contributed by atoms with E-state index >= 15 is 0 Å². The fraction of sp³-hybridized carbons (Fsp3) is 0.765. The van der Waals surface area contributed by atoms with Crippen molar-refractivity contribution in [3.05, 3.63) is 23.7 Å². The summed E-state index contributed by atoms with van der Waals surface area (Å²) in [6, 6.07) is 2.13. The molecule has 1 aromatic rings. The van der Waals surface area contributed by atoms with E-state index in [-0.39, 0.29) is 0 Å². The van der Waals surface area contributed by atoms with Crippen LogP contribution in [0.5, 0.6) is 0 Å². The summed E-state index contributed by atoms with van der Waals surface area (Å²) in [5, 5.41) is 3.47. The average Bonchev–Trinajstić information content (AvgIpc) is 2.75. The number of furan rings is 1. The van der Waals surface area contributed by atoms with Gasteiger partial charge in [0.25, 0.3) is 0 Å². The first kappa shape index (κ1) is 16.9. The van der Waals surface area contributed by atoms with Gasteiger partial charge in [0.15, 0.2) is 0 Å². The fourth-order valence-corrected chi connectivity index (χ4v) is 3.74. The maximum atomic E-state index is 5.67. The minimum atomic E-state index is 0.423. The Kier molecular flexibility index (Phi) is 6.20. The van der Waals surface area contributed by atoms with Crippen LogP contribution in [0.3, 0.4) is 0 Å². The van der Waals surface area contributed by atoms with Crippen LogP contribution >= 0.6 is 11.8 Å². The van der Waals surface area contributed by atoms with Crippen LogP contribution in [0.15, 0.2) is 16.7 Å². The van der Waals surface area contributed by atoms with E-state index in [4.69, 9.17) is 4.42 Å². The number of rotatable bonds is 6. The van der Waals surface area contributed by atoms with Gasteiger partial charge in [0, 0.05) is 29.2 Å². The minimum Gasteiger partial charge on any atom is -0.468 e. The Morgan fingerprint density at radius 1 is 1.38 bits per heavy atom.